The van der Waals surface area contributed by atoms with Gasteiger partial charge < -0.3 is 4.74 Å². The van der Waals surface area contributed by atoms with E-state index in [1.165, 1.54) is 11.1 Å². The Morgan fingerprint density at radius 1 is 1.40 bits per heavy atom. The van der Waals surface area contributed by atoms with E-state index in [0.29, 0.717) is 0 Å². The normalized spacial score (nSPS) is 20.2. The molecule has 4 nitrogen and oxygen atoms in total. The predicted octanol–water partition coefficient (Wildman–Crippen LogP) is 2.95. The van der Waals surface area contributed by atoms with Crippen LogP contribution < -0.4 is 0 Å². The molecule has 0 radical (unpaired) electrons. The number of morpholine rings is 1. The van der Waals surface area contributed by atoms with Crippen molar-refractivity contribution in [3.63, 3.8) is 0 Å². The molecule has 1 fully saturated rings. The molecule has 1 aliphatic heterocycles. The minimum absolute atomic E-state index is 0.119. The van der Waals surface area contributed by atoms with Crippen LogP contribution in [0.5, 0.6) is 0 Å². The van der Waals surface area contributed by atoms with Crippen molar-refractivity contribution < 1.29 is 4.74 Å². The van der Waals surface area contributed by atoms with E-state index in [-0.39, 0.29) is 6.10 Å². The van der Waals surface area contributed by atoms with E-state index >= 15 is 0 Å². The fourth-order valence-electron chi connectivity index (χ4n) is 2.50. The molecular weight excluding hydrogens is 274 g/mol. The van der Waals surface area contributed by atoms with E-state index in [1.807, 2.05) is 30.5 Å². The number of aromatic nitrogens is 2. The number of ether oxygens (including phenoxy) is 1. The van der Waals surface area contributed by atoms with Crippen LogP contribution in [0.2, 0.25) is 5.02 Å². The molecule has 0 aliphatic carbocycles. The van der Waals surface area contributed by atoms with Gasteiger partial charge in [-0.1, -0.05) is 23.7 Å². The van der Waals surface area contributed by atoms with Crippen LogP contribution in [0.15, 0.2) is 30.5 Å². The van der Waals surface area contributed by atoms with Gasteiger partial charge in [0.15, 0.2) is 0 Å². The molecule has 1 saturated heterocycles. The van der Waals surface area contributed by atoms with Gasteiger partial charge in [-0.3, -0.25) is 10.00 Å². The van der Waals surface area contributed by atoms with Crippen LogP contribution in [-0.2, 0) is 11.3 Å². The van der Waals surface area contributed by atoms with Crippen molar-refractivity contribution in [1.29, 1.82) is 0 Å². The SMILES string of the molecule is Cc1[nH]ncc1CN1CCO[C@@H](c2ccc(Cl)cc2)C1. The monoisotopic (exact) mass is 291 g/mol. The summed E-state index contributed by atoms with van der Waals surface area (Å²) < 4.78 is 5.88. The highest BCUT2D eigenvalue weighted by Gasteiger charge is 2.22. The lowest BCUT2D eigenvalue weighted by Crippen LogP contribution is -2.37. The van der Waals surface area contributed by atoms with Gasteiger partial charge in [0.2, 0.25) is 0 Å². The standard InChI is InChI=1S/C15H18ClN3O/c1-11-13(8-17-18-11)9-19-6-7-20-15(10-19)12-2-4-14(16)5-3-12/h2-5,8,15H,6-7,9-10H2,1H3,(H,17,18)/t15-/m1/s1. The second-order valence-corrected chi connectivity index (χ2v) is 5.60. The number of hydrogen-bond acceptors (Lipinski definition) is 3. The number of H-pyrrole nitrogens is 1. The summed E-state index contributed by atoms with van der Waals surface area (Å²) in [6.07, 6.45) is 2.02. The summed E-state index contributed by atoms with van der Waals surface area (Å²) in [7, 11) is 0. The van der Waals surface area contributed by atoms with Crippen molar-refractivity contribution in [1.82, 2.24) is 15.1 Å². The third-order valence-electron chi connectivity index (χ3n) is 3.72. The van der Waals surface area contributed by atoms with E-state index in [2.05, 4.69) is 22.0 Å². The van der Waals surface area contributed by atoms with Crippen LogP contribution in [-0.4, -0.2) is 34.8 Å². The van der Waals surface area contributed by atoms with Gasteiger partial charge in [-0.05, 0) is 24.6 Å². The molecule has 2 heterocycles. The average Bonchev–Trinajstić information content (AvgIpc) is 2.85. The lowest BCUT2D eigenvalue weighted by atomic mass is 10.1. The van der Waals surface area contributed by atoms with Gasteiger partial charge in [0, 0.05) is 35.9 Å². The van der Waals surface area contributed by atoms with E-state index in [1.54, 1.807) is 0 Å². The van der Waals surface area contributed by atoms with Crippen LogP contribution in [0.1, 0.15) is 22.9 Å². The quantitative estimate of drug-likeness (QED) is 0.945. The van der Waals surface area contributed by atoms with E-state index in [0.717, 1.165) is 37.0 Å². The molecule has 106 valence electrons. The first-order valence-corrected chi connectivity index (χ1v) is 7.18. The fourth-order valence-corrected chi connectivity index (χ4v) is 2.63. The van der Waals surface area contributed by atoms with E-state index in [4.69, 9.17) is 16.3 Å². The predicted molar refractivity (Wildman–Crippen MR) is 78.7 cm³/mol. The van der Waals surface area contributed by atoms with E-state index < -0.39 is 0 Å². The number of aromatic amines is 1. The van der Waals surface area contributed by atoms with Gasteiger partial charge >= 0.3 is 0 Å². The van der Waals surface area contributed by atoms with E-state index in [9.17, 15) is 0 Å². The van der Waals surface area contributed by atoms with Crippen LogP contribution >= 0.6 is 11.6 Å². The van der Waals surface area contributed by atoms with Crippen LogP contribution in [0.4, 0.5) is 0 Å². The first-order valence-electron chi connectivity index (χ1n) is 6.80. The molecule has 20 heavy (non-hydrogen) atoms. The summed E-state index contributed by atoms with van der Waals surface area (Å²) in [6, 6.07) is 7.91. The number of nitrogens with one attached hydrogen (secondary N) is 1. The molecule has 0 bridgehead atoms. The zero-order valence-corrected chi connectivity index (χ0v) is 12.2. The summed E-state index contributed by atoms with van der Waals surface area (Å²) in [5, 5.41) is 7.82. The van der Waals surface area contributed by atoms with Gasteiger partial charge in [0.25, 0.3) is 0 Å². The van der Waals surface area contributed by atoms with Gasteiger partial charge in [0.05, 0.1) is 18.9 Å². The highest BCUT2D eigenvalue weighted by molar-refractivity contribution is 6.30. The first-order chi connectivity index (χ1) is 9.72. The molecule has 1 N–H and O–H groups in total. The number of hydrogen-bond donors (Lipinski definition) is 1. The highest BCUT2D eigenvalue weighted by atomic mass is 35.5. The molecular formula is C15H18ClN3O. The summed E-state index contributed by atoms with van der Waals surface area (Å²) in [6.45, 7) is 5.57. The summed E-state index contributed by atoms with van der Waals surface area (Å²) in [5.41, 5.74) is 3.57. The number of aryl methyl sites for hydroxylation is 1. The maximum atomic E-state index is 5.93. The molecule has 5 heteroatoms. The second-order valence-electron chi connectivity index (χ2n) is 5.17. The fraction of sp³-hybridized carbons (Fsp3) is 0.400. The van der Waals surface area contributed by atoms with Crippen molar-refractivity contribution in [3.05, 3.63) is 52.3 Å². The average molecular weight is 292 g/mol. The minimum Gasteiger partial charge on any atom is -0.371 e. The Labute approximate surface area is 123 Å². The zero-order valence-electron chi connectivity index (χ0n) is 11.5. The Morgan fingerprint density at radius 2 is 2.20 bits per heavy atom. The van der Waals surface area contributed by atoms with Crippen molar-refractivity contribution in [2.75, 3.05) is 19.7 Å². The van der Waals surface area contributed by atoms with Crippen LogP contribution in [0.25, 0.3) is 0 Å². The largest absolute Gasteiger partial charge is 0.371 e. The molecule has 1 aliphatic rings. The molecule has 0 unspecified atom stereocenters. The van der Waals surface area contributed by atoms with Crippen LogP contribution in [0, 0.1) is 6.92 Å². The topological polar surface area (TPSA) is 41.2 Å². The zero-order chi connectivity index (χ0) is 13.9. The lowest BCUT2D eigenvalue weighted by Gasteiger charge is -2.33. The van der Waals surface area contributed by atoms with Gasteiger partial charge in [0.1, 0.15) is 0 Å². The molecule has 0 amide bonds. The van der Waals surface area contributed by atoms with Crippen LogP contribution in [0.3, 0.4) is 0 Å². The third kappa shape index (κ3) is 3.03. The Hall–Kier alpha value is -1.36. The molecule has 1 aromatic carbocycles. The number of halogens is 1. The Bertz CT molecular complexity index is 567. The first kappa shape index (κ1) is 13.6. The number of benzene rings is 1. The number of nitrogens with zero attached hydrogens (tertiary/aromatic N) is 2. The molecule has 2 aromatic rings. The van der Waals surface area contributed by atoms with Crippen molar-refractivity contribution in [3.8, 4) is 0 Å². The van der Waals surface area contributed by atoms with Gasteiger partial charge in [-0.2, -0.15) is 5.10 Å². The van der Waals surface area contributed by atoms with Gasteiger partial charge in [-0.15, -0.1) is 0 Å². The van der Waals surface area contributed by atoms with Gasteiger partial charge in [-0.25, -0.2) is 0 Å². The molecule has 1 atom stereocenters. The molecule has 3 rings (SSSR count). The second kappa shape index (κ2) is 5.95. The Balaban J connectivity index is 1.67. The molecule has 1 aromatic heterocycles. The summed E-state index contributed by atoms with van der Waals surface area (Å²) in [5.74, 6) is 0. The summed E-state index contributed by atoms with van der Waals surface area (Å²) in [4.78, 5) is 2.40. The van der Waals surface area contributed by atoms with Crippen molar-refractivity contribution in [2.24, 2.45) is 0 Å². The van der Waals surface area contributed by atoms with Crippen molar-refractivity contribution in [2.45, 2.75) is 19.6 Å². The highest BCUT2D eigenvalue weighted by Crippen LogP contribution is 2.24. The summed E-state index contributed by atoms with van der Waals surface area (Å²) >= 11 is 5.93. The lowest BCUT2D eigenvalue weighted by molar-refractivity contribution is -0.0329. The smallest absolute Gasteiger partial charge is 0.0952 e. The Morgan fingerprint density at radius 3 is 2.90 bits per heavy atom. The Kier molecular flexibility index (Phi) is 4.05. The third-order valence-corrected chi connectivity index (χ3v) is 3.97. The van der Waals surface area contributed by atoms with Crippen molar-refractivity contribution >= 4 is 11.6 Å². The molecule has 0 saturated carbocycles. The number of rotatable bonds is 3. The molecule has 0 spiro atoms. The maximum absolute atomic E-state index is 5.93. The maximum Gasteiger partial charge on any atom is 0.0952 e. The minimum atomic E-state index is 0.119.